The van der Waals surface area contributed by atoms with Crippen molar-refractivity contribution < 1.29 is 9.15 Å². The Labute approximate surface area is 133 Å². The predicted molar refractivity (Wildman–Crippen MR) is 91.0 cm³/mol. The first-order chi connectivity index (χ1) is 11.3. The summed E-state index contributed by atoms with van der Waals surface area (Å²) in [6.45, 7) is 2.65. The Balaban J connectivity index is 2.00. The van der Waals surface area contributed by atoms with Gasteiger partial charge in [-0.3, -0.25) is 4.79 Å². The number of rotatable bonds is 2. The number of nitrogens with zero attached hydrogens (tertiary/aromatic N) is 1. The molecule has 1 aromatic heterocycles. The van der Waals surface area contributed by atoms with Gasteiger partial charge in [-0.05, 0) is 12.1 Å². The first-order valence-corrected chi connectivity index (χ1v) is 7.78. The van der Waals surface area contributed by atoms with Gasteiger partial charge in [0.2, 0.25) is 5.43 Å². The maximum absolute atomic E-state index is 13.1. The van der Waals surface area contributed by atoms with Crippen molar-refractivity contribution >= 4 is 16.7 Å². The molecular weight excluding hydrogens is 290 g/mol. The SMILES string of the molecule is O=c1c(N2CCOCC2)c(-c2ccccc2)oc2ccccc12. The lowest BCUT2D eigenvalue weighted by Gasteiger charge is -2.29. The average Bonchev–Trinajstić information content (AvgIpc) is 2.63. The van der Waals surface area contributed by atoms with Crippen molar-refractivity contribution in [3.05, 3.63) is 64.8 Å². The maximum Gasteiger partial charge on any atom is 0.216 e. The zero-order valence-electron chi connectivity index (χ0n) is 12.7. The monoisotopic (exact) mass is 307 g/mol. The molecule has 2 heterocycles. The van der Waals surface area contributed by atoms with E-state index in [1.165, 1.54) is 0 Å². The minimum absolute atomic E-state index is 0.0209. The molecule has 0 aliphatic carbocycles. The van der Waals surface area contributed by atoms with Crippen LogP contribution in [0.25, 0.3) is 22.3 Å². The third-order valence-corrected chi connectivity index (χ3v) is 4.14. The Bertz CT molecular complexity index is 880. The zero-order chi connectivity index (χ0) is 15.6. The van der Waals surface area contributed by atoms with E-state index < -0.39 is 0 Å². The fraction of sp³-hybridized carbons (Fsp3) is 0.211. The summed E-state index contributed by atoms with van der Waals surface area (Å²) in [6.07, 6.45) is 0. The topological polar surface area (TPSA) is 42.7 Å². The average molecular weight is 307 g/mol. The van der Waals surface area contributed by atoms with Crippen LogP contribution < -0.4 is 10.3 Å². The quantitative estimate of drug-likeness (QED) is 0.728. The fourth-order valence-corrected chi connectivity index (χ4v) is 2.99. The highest BCUT2D eigenvalue weighted by Crippen LogP contribution is 2.31. The second-order valence-electron chi connectivity index (χ2n) is 5.57. The predicted octanol–water partition coefficient (Wildman–Crippen LogP) is 3.30. The molecule has 0 bridgehead atoms. The Morgan fingerprint density at radius 2 is 1.57 bits per heavy atom. The van der Waals surface area contributed by atoms with Crippen LogP contribution in [0.1, 0.15) is 0 Å². The molecule has 1 aliphatic heterocycles. The summed E-state index contributed by atoms with van der Waals surface area (Å²) in [6, 6.07) is 17.2. The third-order valence-electron chi connectivity index (χ3n) is 4.14. The second kappa shape index (κ2) is 5.89. The van der Waals surface area contributed by atoms with Crippen LogP contribution in [0.2, 0.25) is 0 Å². The van der Waals surface area contributed by atoms with Crippen LogP contribution in [0.15, 0.2) is 63.8 Å². The van der Waals surface area contributed by atoms with Crippen LogP contribution in [0.4, 0.5) is 5.69 Å². The number of fused-ring (bicyclic) bond motifs is 1. The second-order valence-corrected chi connectivity index (χ2v) is 5.57. The molecule has 4 heteroatoms. The van der Waals surface area contributed by atoms with Crippen LogP contribution in [0, 0.1) is 0 Å². The van der Waals surface area contributed by atoms with Gasteiger partial charge < -0.3 is 14.1 Å². The maximum atomic E-state index is 13.1. The number of benzene rings is 2. The summed E-state index contributed by atoms with van der Waals surface area (Å²) in [5.41, 5.74) is 2.19. The van der Waals surface area contributed by atoms with Gasteiger partial charge in [-0.25, -0.2) is 0 Å². The van der Waals surface area contributed by atoms with Gasteiger partial charge in [-0.2, -0.15) is 0 Å². The fourth-order valence-electron chi connectivity index (χ4n) is 2.99. The van der Waals surface area contributed by atoms with Crippen molar-refractivity contribution in [2.75, 3.05) is 31.2 Å². The Morgan fingerprint density at radius 1 is 0.870 bits per heavy atom. The van der Waals surface area contributed by atoms with Gasteiger partial charge in [0, 0.05) is 18.7 Å². The summed E-state index contributed by atoms with van der Waals surface area (Å²) in [5, 5.41) is 0.619. The Hall–Kier alpha value is -2.59. The van der Waals surface area contributed by atoms with Crippen molar-refractivity contribution in [2.45, 2.75) is 0 Å². The van der Waals surface area contributed by atoms with E-state index >= 15 is 0 Å². The van der Waals surface area contributed by atoms with Gasteiger partial charge in [0.25, 0.3) is 0 Å². The van der Waals surface area contributed by atoms with Crippen molar-refractivity contribution in [3.63, 3.8) is 0 Å². The zero-order valence-corrected chi connectivity index (χ0v) is 12.7. The van der Waals surface area contributed by atoms with Crippen LogP contribution in [0.3, 0.4) is 0 Å². The van der Waals surface area contributed by atoms with Gasteiger partial charge in [-0.1, -0.05) is 42.5 Å². The number of hydrogen-bond donors (Lipinski definition) is 0. The molecule has 0 spiro atoms. The molecule has 1 saturated heterocycles. The van der Waals surface area contributed by atoms with E-state index in [0.717, 1.165) is 5.56 Å². The minimum atomic E-state index is 0.0209. The van der Waals surface area contributed by atoms with Crippen LogP contribution in [-0.4, -0.2) is 26.3 Å². The number of morpholine rings is 1. The van der Waals surface area contributed by atoms with E-state index in [2.05, 4.69) is 4.90 Å². The number of ether oxygens (including phenoxy) is 1. The van der Waals surface area contributed by atoms with E-state index in [1.807, 2.05) is 54.6 Å². The van der Waals surface area contributed by atoms with Gasteiger partial charge in [-0.15, -0.1) is 0 Å². The molecular formula is C19H17NO3. The molecule has 3 aromatic rings. The Kier molecular flexibility index (Phi) is 3.60. The lowest BCUT2D eigenvalue weighted by atomic mass is 10.1. The van der Waals surface area contributed by atoms with Crippen molar-refractivity contribution in [1.29, 1.82) is 0 Å². The first-order valence-electron chi connectivity index (χ1n) is 7.78. The van der Waals surface area contributed by atoms with E-state index in [1.54, 1.807) is 0 Å². The number of para-hydroxylation sites is 1. The molecule has 4 nitrogen and oxygen atoms in total. The summed E-state index contributed by atoms with van der Waals surface area (Å²) in [4.78, 5) is 15.2. The molecule has 116 valence electrons. The first kappa shape index (κ1) is 14.0. The summed E-state index contributed by atoms with van der Waals surface area (Å²) < 4.78 is 11.6. The smallest absolute Gasteiger partial charge is 0.216 e. The van der Waals surface area contributed by atoms with Gasteiger partial charge >= 0.3 is 0 Å². The van der Waals surface area contributed by atoms with Crippen LogP contribution >= 0.6 is 0 Å². The minimum Gasteiger partial charge on any atom is -0.454 e. The summed E-state index contributed by atoms with van der Waals surface area (Å²) >= 11 is 0. The molecule has 1 aliphatic rings. The van der Waals surface area contributed by atoms with E-state index in [4.69, 9.17) is 9.15 Å². The lowest BCUT2D eigenvalue weighted by Crippen LogP contribution is -2.39. The van der Waals surface area contributed by atoms with Gasteiger partial charge in [0.15, 0.2) is 5.76 Å². The van der Waals surface area contributed by atoms with Crippen LogP contribution in [0.5, 0.6) is 0 Å². The van der Waals surface area contributed by atoms with Gasteiger partial charge in [0.05, 0.1) is 18.6 Å². The summed E-state index contributed by atoms with van der Waals surface area (Å²) in [7, 11) is 0. The molecule has 0 radical (unpaired) electrons. The highest BCUT2D eigenvalue weighted by atomic mass is 16.5. The van der Waals surface area contributed by atoms with E-state index in [0.29, 0.717) is 48.7 Å². The number of hydrogen-bond acceptors (Lipinski definition) is 4. The normalized spacial score (nSPS) is 15.0. The molecule has 0 saturated carbocycles. The third kappa shape index (κ3) is 2.51. The molecule has 0 atom stereocenters. The highest BCUT2D eigenvalue weighted by molar-refractivity contribution is 5.86. The molecule has 0 N–H and O–H groups in total. The standard InChI is InChI=1S/C19H17NO3/c21-18-15-8-4-5-9-16(15)23-19(14-6-2-1-3-7-14)17(18)20-10-12-22-13-11-20/h1-9H,10-13H2. The van der Waals surface area contributed by atoms with Gasteiger partial charge in [0.1, 0.15) is 11.3 Å². The molecule has 0 amide bonds. The largest absolute Gasteiger partial charge is 0.454 e. The molecule has 23 heavy (non-hydrogen) atoms. The van der Waals surface area contributed by atoms with Crippen molar-refractivity contribution in [3.8, 4) is 11.3 Å². The van der Waals surface area contributed by atoms with E-state index in [9.17, 15) is 4.79 Å². The molecule has 1 fully saturated rings. The highest BCUT2D eigenvalue weighted by Gasteiger charge is 2.22. The van der Waals surface area contributed by atoms with Crippen molar-refractivity contribution in [1.82, 2.24) is 0 Å². The number of anilines is 1. The van der Waals surface area contributed by atoms with Crippen molar-refractivity contribution in [2.24, 2.45) is 0 Å². The molecule has 0 unspecified atom stereocenters. The molecule has 4 rings (SSSR count). The van der Waals surface area contributed by atoms with E-state index in [-0.39, 0.29) is 5.43 Å². The lowest BCUT2D eigenvalue weighted by molar-refractivity contribution is 0.122. The van der Waals surface area contributed by atoms with Crippen LogP contribution in [-0.2, 0) is 4.74 Å². The Morgan fingerprint density at radius 3 is 2.35 bits per heavy atom. The molecule has 2 aromatic carbocycles. The summed E-state index contributed by atoms with van der Waals surface area (Å²) in [5.74, 6) is 0.635.